The Morgan fingerprint density at radius 1 is 1.32 bits per heavy atom. The van der Waals surface area contributed by atoms with Crippen molar-refractivity contribution in [2.75, 3.05) is 18.1 Å². The van der Waals surface area contributed by atoms with Crippen LogP contribution in [0.15, 0.2) is 0 Å². The number of rotatable bonds is 9. The van der Waals surface area contributed by atoms with Gasteiger partial charge in [0, 0.05) is 24.8 Å². The van der Waals surface area contributed by atoms with Crippen molar-refractivity contribution >= 4 is 23.4 Å². The first-order valence-corrected chi connectivity index (χ1v) is 8.76. The van der Waals surface area contributed by atoms with E-state index in [0.29, 0.717) is 6.04 Å². The normalized spacial score (nSPS) is 12.9. The molecule has 1 atom stereocenters. The second-order valence-electron chi connectivity index (χ2n) is 4.49. The molecule has 1 heterocycles. The summed E-state index contributed by atoms with van der Waals surface area (Å²) in [6, 6.07) is 0.471. The van der Waals surface area contributed by atoms with Gasteiger partial charge in [0.2, 0.25) is 0 Å². The van der Waals surface area contributed by atoms with E-state index in [2.05, 4.69) is 42.8 Å². The predicted molar refractivity (Wildman–Crippen MR) is 86.5 cm³/mol. The topological polar surface area (TPSA) is 29.9 Å². The highest BCUT2D eigenvalue weighted by Crippen LogP contribution is 2.23. The minimum absolute atomic E-state index is 0.471. The average Bonchev–Trinajstić information content (AvgIpc) is 2.72. The predicted octanol–water partition coefficient (Wildman–Crippen LogP) is 3.39. The van der Waals surface area contributed by atoms with Crippen LogP contribution in [-0.2, 0) is 19.4 Å². The Hall–Kier alpha value is -0.190. The zero-order valence-electron chi connectivity index (χ0n) is 12.5. The van der Waals surface area contributed by atoms with Crippen LogP contribution in [0.5, 0.6) is 0 Å². The summed E-state index contributed by atoms with van der Waals surface area (Å²) in [5.74, 6) is 2.28. The van der Waals surface area contributed by atoms with Crippen LogP contribution in [0.25, 0.3) is 0 Å². The molecule has 1 rings (SSSR count). The largest absolute Gasteiger partial charge is 0.313 e. The van der Waals surface area contributed by atoms with Gasteiger partial charge >= 0.3 is 0 Å². The highest BCUT2D eigenvalue weighted by molar-refractivity contribution is 7.99. The molecule has 1 aromatic rings. The standard InChI is InChI=1S/C14H26ClN3S/c1-5-12-14(15)13(18(7-3)17-12)9-11(16-6-2)10-19-8-4/h11,16H,5-10H2,1-4H3. The smallest absolute Gasteiger partial charge is 0.0850 e. The van der Waals surface area contributed by atoms with Gasteiger partial charge in [-0.3, -0.25) is 4.68 Å². The fraction of sp³-hybridized carbons (Fsp3) is 0.786. The van der Waals surface area contributed by atoms with E-state index in [0.717, 1.165) is 48.2 Å². The third kappa shape index (κ3) is 4.69. The average molecular weight is 304 g/mol. The van der Waals surface area contributed by atoms with E-state index in [9.17, 15) is 0 Å². The van der Waals surface area contributed by atoms with Crippen molar-refractivity contribution in [3.05, 3.63) is 16.4 Å². The first kappa shape index (κ1) is 16.9. The maximum Gasteiger partial charge on any atom is 0.0850 e. The molecule has 110 valence electrons. The Balaban J connectivity index is 2.84. The Kier molecular flexibility index (Phi) is 7.88. The molecule has 0 saturated heterocycles. The number of nitrogens with one attached hydrogen (secondary N) is 1. The SMILES string of the molecule is CCNC(CSCC)Cc1c(Cl)c(CC)nn1CC. The monoisotopic (exact) mass is 303 g/mol. The fourth-order valence-electron chi connectivity index (χ4n) is 2.18. The Bertz CT molecular complexity index is 379. The van der Waals surface area contributed by atoms with Crippen molar-refractivity contribution in [2.24, 2.45) is 0 Å². The number of aryl methyl sites for hydroxylation is 2. The van der Waals surface area contributed by atoms with Crippen LogP contribution in [0.4, 0.5) is 0 Å². The number of aromatic nitrogens is 2. The molecular weight excluding hydrogens is 278 g/mol. The summed E-state index contributed by atoms with van der Waals surface area (Å²) in [4.78, 5) is 0. The summed E-state index contributed by atoms with van der Waals surface area (Å²) in [6.45, 7) is 10.5. The maximum absolute atomic E-state index is 6.47. The van der Waals surface area contributed by atoms with Gasteiger partial charge in [-0.05, 0) is 25.6 Å². The molecule has 1 N–H and O–H groups in total. The van der Waals surface area contributed by atoms with E-state index < -0.39 is 0 Å². The molecule has 1 unspecified atom stereocenters. The van der Waals surface area contributed by atoms with Crippen molar-refractivity contribution < 1.29 is 0 Å². The first-order valence-electron chi connectivity index (χ1n) is 7.22. The fourth-order valence-corrected chi connectivity index (χ4v) is 3.29. The molecule has 1 aromatic heterocycles. The summed E-state index contributed by atoms with van der Waals surface area (Å²) in [6.07, 6.45) is 1.86. The second-order valence-corrected chi connectivity index (χ2v) is 6.19. The van der Waals surface area contributed by atoms with Crippen LogP contribution in [0.3, 0.4) is 0 Å². The van der Waals surface area contributed by atoms with Crippen LogP contribution in [0.2, 0.25) is 5.02 Å². The molecule has 0 fully saturated rings. The molecule has 0 aromatic carbocycles. The molecule has 0 aliphatic rings. The van der Waals surface area contributed by atoms with Crippen LogP contribution in [-0.4, -0.2) is 33.9 Å². The summed E-state index contributed by atoms with van der Waals surface area (Å²) >= 11 is 8.44. The molecule has 0 spiro atoms. The van der Waals surface area contributed by atoms with Gasteiger partial charge in [0.1, 0.15) is 0 Å². The number of nitrogens with zero attached hydrogens (tertiary/aromatic N) is 2. The van der Waals surface area contributed by atoms with E-state index in [1.807, 2.05) is 11.8 Å². The van der Waals surface area contributed by atoms with Crippen molar-refractivity contribution in [3.8, 4) is 0 Å². The van der Waals surface area contributed by atoms with Gasteiger partial charge in [-0.25, -0.2) is 0 Å². The van der Waals surface area contributed by atoms with Gasteiger partial charge in [-0.15, -0.1) is 0 Å². The lowest BCUT2D eigenvalue weighted by Gasteiger charge is -2.18. The molecule has 3 nitrogen and oxygen atoms in total. The van der Waals surface area contributed by atoms with Gasteiger partial charge in [-0.1, -0.05) is 32.4 Å². The lowest BCUT2D eigenvalue weighted by molar-refractivity contribution is 0.533. The molecular formula is C14H26ClN3S. The Morgan fingerprint density at radius 2 is 2.05 bits per heavy atom. The Labute approximate surface area is 126 Å². The van der Waals surface area contributed by atoms with Gasteiger partial charge < -0.3 is 5.32 Å². The minimum atomic E-state index is 0.471. The highest BCUT2D eigenvalue weighted by atomic mass is 35.5. The van der Waals surface area contributed by atoms with Crippen molar-refractivity contribution in [2.45, 2.75) is 53.1 Å². The molecule has 19 heavy (non-hydrogen) atoms. The van der Waals surface area contributed by atoms with E-state index in [1.54, 1.807) is 0 Å². The zero-order chi connectivity index (χ0) is 14.3. The quantitative estimate of drug-likeness (QED) is 0.758. The molecule has 0 saturated carbocycles. The van der Waals surface area contributed by atoms with E-state index in [1.165, 1.54) is 5.69 Å². The van der Waals surface area contributed by atoms with Crippen molar-refractivity contribution in [3.63, 3.8) is 0 Å². The Morgan fingerprint density at radius 3 is 2.58 bits per heavy atom. The third-order valence-corrected chi connectivity index (χ3v) is 4.63. The van der Waals surface area contributed by atoms with Gasteiger partial charge in [-0.2, -0.15) is 16.9 Å². The lowest BCUT2D eigenvalue weighted by Crippen LogP contribution is -2.34. The van der Waals surface area contributed by atoms with Crippen LogP contribution < -0.4 is 5.32 Å². The van der Waals surface area contributed by atoms with Crippen molar-refractivity contribution in [1.82, 2.24) is 15.1 Å². The molecule has 0 bridgehead atoms. The summed E-state index contributed by atoms with van der Waals surface area (Å²) in [5, 5.41) is 9.01. The molecule has 0 radical (unpaired) electrons. The van der Waals surface area contributed by atoms with E-state index in [4.69, 9.17) is 11.6 Å². The first-order chi connectivity index (χ1) is 9.17. The molecule has 0 aliphatic carbocycles. The zero-order valence-corrected chi connectivity index (χ0v) is 14.1. The number of halogens is 1. The van der Waals surface area contributed by atoms with E-state index >= 15 is 0 Å². The van der Waals surface area contributed by atoms with Crippen LogP contribution in [0, 0.1) is 0 Å². The summed E-state index contributed by atoms with van der Waals surface area (Å²) < 4.78 is 2.06. The van der Waals surface area contributed by atoms with Crippen LogP contribution >= 0.6 is 23.4 Å². The molecule has 5 heteroatoms. The minimum Gasteiger partial charge on any atom is -0.313 e. The lowest BCUT2D eigenvalue weighted by atomic mass is 10.1. The highest BCUT2D eigenvalue weighted by Gasteiger charge is 2.18. The number of likely N-dealkylation sites (N-methyl/N-ethyl adjacent to an activating group) is 1. The van der Waals surface area contributed by atoms with E-state index in [-0.39, 0.29) is 0 Å². The third-order valence-electron chi connectivity index (χ3n) is 3.15. The molecule has 0 amide bonds. The number of hydrogen-bond donors (Lipinski definition) is 1. The summed E-state index contributed by atoms with van der Waals surface area (Å²) in [7, 11) is 0. The van der Waals surface area contributed by atoms with Gasteiger partial charge in [0.05, 0.1) is 16.4 Å². The van der Waals surface area contributed by atoms with Crippen LogP contribution in [0.1, 0.15) is 39.1 Å². The van der Waals surface area contributed by atoms with Gasteiger partial charge in [0.25, 0.3) is 0 Å². The number of thioether (sulfide) groups is 1. The second kappa shape index (κ2) is 8.88. The number of hydrogen-bond acceptors (Lipinski definition) is 3. The van der Waals surface area contributed by atoms with Crippen molar-refractivity contribution in [1.29, 1.82) is 0 Å². The summed E-state index contributed by atoms with van der Waals surface area (Å²) in [5.41, 5.74) is 2.21. The molecule has 0 aliphatic heterocycles. The van der Waals surface area contributed by atoms with Gasteiger partial charge in [0.15, 0.2) is 0 Å². The maximum atomic E-state index is 6.47.